The van der Waals surface area contributed by atoms with E-state index >= 15 is 0 Å². The molecule has 0 aliphatic carbocycles. The molecule has 4 nitrogen and oxygen atoms in total. The number of thioether (sulfide) groups is 1. The van der Waals surface area contributed by atoms with Gasteiger partial charge in [-0.3, -0.25) is 9.59 Å². The number of halogens is 1. The van der Waals surface area contributed by atoms with Crippen molar-refractivity contribution in [2.75, 3.05) is 12.3 Å². The number of nitrogens with one attached hydrogen (secondary N) is 2. The smallest absolute Gasteiger partial charge is 0.261 e. The van der Waals surface area contributed by atoms with Gasteiger partial charge in [0.2, 0.25) is 0 Å². The fourth-order valence-corrected chi connectivity index (χ4v) is 3.41. The number of carbonyl (C=O) groups excluding carboxylic acids is 1. The minimum atomic E-state index is -0.344. The molecule has 0 atom stereocenters. The van der Waals surface area contributed by atoms with Crippen LogP contribution in [0, 0.1) is 13.8 Å². The molecule has 1 amide bonds. The molecule has 0 aliphatic heterocycles. The second-order valence-corrected chi connectivity index (χ2v) is 7.09. The topological polar surface area (TPSA) is 62.0 Å². The third kappa shape index (κ3) is 5.14. The molecule has 24 heavy (non-hydrogen) atoms. The van der Waals surface area contributed by atoms with Gasteiger partial charge in [-0.05, 0) is 49.3 Å². The highest BCUT2D eigenvalue weighted by atomic mass is 35.5. The number of pyridine rings is 1. The van der Waals surface area contributed by atoms with E-state index in [0.29, 0.717) is 6.54 Å². The first-order valence-electron chi connectivity index (χ1n) is 7.79. The van der Waals surface area contributed by atoms with Gasteiger partial charge in [-0.15, -0.1) is 0 Å². The third-order valence-corrected chi connectivity index (χ3v) is 5.17. The predicted molar refractivity (Wildman–Crippen MR) is 101 cm³/mol. The number of hydrogen-bond acceptors (Lipinski definition) is 3. The number of aryl methyl sites for hydroxylation is 2. The summed E-state index contributed by atoms with van der Waals surface area (Å²) in [5, 5.41) is 3.58. The first kappa shape index (κ1) is 18.6. The molecule has 0 unspecified atom stereocenters. The van der Waals surface area contributed by atoms with E-state index in [4.69, 9.17) is 11.6 Å². The van der Waals surface area contributed by atoms with Gasteiger partial charge in [-0.2, -0.15) is 11.8 Å². The predicted octanol–water partition coefficient (Wildman–Crippen LogP) is 3.70. The second-order valence-electron chi connectivity index (χ2n) is 5.57. The molecule has 2 aromatic rings. The molecule has 6 heteroatoms. The van der Waals surface area contributed by atoms with Crippen LogP contribution in [0.2, 0.25) is 5.02 Å². The fraction of sp³-hybridized carbons (Fsp3) is 0.333. The van der Waals surface area contributed by atoms with Crippen LogP contribution in [0.25, 0.3) is 0 Å². The molecule has 0 radical (unpaired) electrons. The Bertz CT molecular complexity index is 774. The average molecular weight is 365 g/mol. The van der Waals surface area contributed by atoms with Crippen molar-refractivity contribution in [1.82, 2.24) is 10.3 Å². The molecule has 1 aromatic heterocycles. The average Bonchev–Trinajstić information content (AvgIpc) is 2.55. The number of aromatic nitrogens is 1. The van der Waals surface area contributed by atoms with Crippen molar-refractivity contribution in [3.8, 4) is 0 Å². The Morgan fingerprint density at radius 2 is 2.04 bits per heavy atom. The number of H-pyrrole nitrogens is 1. The normalized spacial score (nSPS) is 10.6. The maximum atomic E-state index is 12.1. The molecule has 0 saturated carbocycles. The van der Waals surface area contributed by atoms with E-state index in [9.17, 15) is 9.59 Å². The lowest BCUT2D eigenvalue weighted by molar-refractivity contribution is 0.0952. The molecule has 1 aromatic carbocycles. The maximum Gasteiger partial charge on any atom is 0.261 e. The van der Waals surface area contributed by atoms with Crippen LogP contribution in [0.1, 0.15) is 33.6 Å². The summed E-state index contributed by atoms with van der Waals surface area (Å²) in [6.07, 6.45) is 0.837. The van der Waals surface area contributed by atoms with Gasteiger partial charge in [0.15, 0.2) is 0 Å². The molecule has 0 aliphatic rings. The van der Waals surface area contributed by atoms with Crippen LogP contribution in [0.3, 0.4) is 0 Å². The molecule has 128 valence electrons. The van der Waals surface area contributed by atoms with Gasteiger partial charge >= 0.3 is 0 Å². The van der Waals surface area contributed by atoms with Crippen molar-refractivity contribution in [1.29, 1.82) is 0 Å². The van der Waals surface area contributed by atoms with Gasteiger partial charge < -0.3 is 10.3 Å². The first-order valence-corrected chi connectivity index (χ1v) is 9.32. The van der Waals surface area contributed by atoms with Crippen LogP contribution in [-0.2, 0) is 5.75 Å². The zero-order chi connectivity index (χ0) is 17.5. The van der Waals surface area contributed by atoms with Crippen molar-refractivity contribution in [2.24, 2.45) is 0 Å². The fourth-order valence-electron chi connectivity index (χ4n) is 2.16. The van der Waals surface area contributed by atoms with Crippen molar-refractivity contribution in [3.63, 3.8) is 0 Å². The summed E-state index contributed by atoms with van der Waals surface area (Å²) in [4.78, 5) is 26.6. The monoisotopic (exact) mass is 364 g/mol. The Morgan fingerprint density at radius 1 is 1.29 bits per heavy atom. The number of rotatable bonds is 7. The van der Waals surface area contributed by atoms with Gasteiger partial charge in [0.05, 0.1) is 0 Å². The van der Waals surface area contributed by atoms with E-state index in [1.807, 2.05) is 38.1 Å². The Hall–Kier alpha value is -1.72. The van der Waals surface area contributed by atoms with Crippen molar-refractivity contribution < 1.29 is 4.79 Å². The van der Waals surface area contributed by atoms with Crippen LogP contribution in [0.15, 0.2) is 35.1 Å². The van der Waals surface area contributed by atoms with E-state index < -0.39 is 0 Å². The van der Waals surface area contributed by atoms with Crippen LogP contribution in [-0.4, -0.2) is 23.2 Å². The minimum absolute atomic E-state index is 0.168. The van der Waals surface area contributed by atoms with Crippen LogP contribution in [0.4, 0.5) is 0 Å². The Labute approximate surface area is 151 Å². The SMILES string of the molecule is Cc1cc(C(=O)NCCCSCc2ccccc2Cl)c(=O)[nH]c1C. The second kappa shape index (κ2) is 8.94. The lowest BCUT2D eigenvalue weighted by Crippen LogP contribution is -2.31. The van der Waals surface area contributed by atoms with Gasteiger partial charge in [-0.1, -0.05) is 29.8 Å². The van der Waals surface area contributed by atoms with E-state index in [0.717, 1.165) is 39.8 Å². The number of benzene rings is 1. The number of carbonyl (C=O) groups is 1. The lowest BCUT2D eigenvalue weighted by Gasteiger charge is -2.07. The minimum Gasteiger partial charge on any atom is -0.352 e. The first-order chi connectivity index (χ1) is 11.5. The Kier molecular flexibility index (Phi) is 6.94. The molecule has 0 spiro atoms. The highest BCUT2D eigenvalue weighted by Gasteiger charge is 2.11. The zero-order valence-electron chi connectivity index (χ0n) is 13.8. The van der Waals surface area contributed by atoms with Gasteiger partial charge in [0.25, 0.3) is 11.5 Å². The van der Waals surface area contributed by atoms with Crippen LogP contribution < -0.4 is 10.9 Å². The van der Waals surface area contributed by atoms with Crippen molar-refractivity contribution >= 4 is 29.3 Å². The summed E-state index contributed by atoms with van der Waals surface area (Å²) in [6, 6.07) is 9.43. The summed E-state index contributed by atoms with van der Waals surface area (Å²) >= 11 is 7.88. The third-order valence-electron chi connectivity index (χ3n) is 3.71. The van der Waals surface area contributed by atoms with E-state index in [1.54, 1.807) is 17.8 Å². The Balaban J connectivity index is 1.73. The van der Waals surface area contributed by atoms with E-state index in [2.05, 4.69) is 10.3 Å². The Morgan fingerprint density at radius 3 is 2.79 bits per heavy atom. The summed E-state index contributed by atoms with van der Waals surface area (Å²) in [5.74, 6) is 1.44. The van der Waals surface area contributed by atoms with Gasteiger partial charge in [-0.25, -0.2) is 0 Å². The van der Waals surface area contributed by atoms with Gasteiger partial charge in [0, 0.05) is 23.0 Å². The standard InChI is InChI=1S/C18H21ClN2O2S/c1-12-10-15(18(23)21-13(12)2)17(22)20-8-5-9-24-11-14-6-3-4-7-16(14)19/h3-4,6-7,10H,5,8-9,11H2,1-2H3,(H,20,22)(H,21,23). The highest BCUT2D eigenvalue weighted by Crippen LogP contribution is 2.20. The number of aromatic amines is 1. The van der Waals surface area contributed by atoms with E-state index in [-0.39, 0.29) is 17.0 Å². The molecule has 0 saturated heterocycles. The summed E-state index contributed by atoms with van der Waals surface area (Å²) in [6.45, 7) is 4.22. The maximum absolute atomic E-state index is 12.1. The quantitative estimate of drug-likeness (QED) is 0.736. The highest BCUT2D eigenvalue weighted by molar-refractivity contribution is 7.98. The summed E-state index contributed by atoms with van der Waals surface area (Å²) in [5.41, 5.74) is 2.63. The molecular weight excluding hydrogens is 344 g/mol. The molecule has 2 N–H and O–H groups in total. The number of hydrogen-bond donors (Lipinski definition) is 2. The van der Waals surface area contributed by atoms with Crippen LogP contribution >= 0.6 is 23.4 Å². The molecule has 1 heterocycles. The molecule has 0 fully saturated rings. The van der Waals surface area contributed by atoms with Crippen molar-refractivity contribution in [3.05, 3.63) is 68.1 Å². The molecule has 0 bridgehead atoms. The summed E-state index contributed by atoms with van der Waals surface area (Å²) in [7, 11) is 0. The van der Waals surface area contributed by atoms with E-state index in [1.165, 1.54) is 0 Å². The lowest BCUT2D eigenvalue weighted by atomic mass is 10.1. The molecule has 2 rings (SSSR count). The number of amides is 1. The zero-order valence-corrected chi connectivity index (χ0v) is 15.4. The van der Waals surface area contributed by atoms with Crippen molar-refractivity contribution in [2.45, 2.75) is 26.0 Å². The van der Waals surface area contributed by atoms with Crippen LogP contribution in [0.5, 0.6) is 0 Å². The summed E-state index contributed by atoms with van der Waals surface area (Å²) < 4.78 is 0. The molecular formula is C18H21ClN2O2S. The van der Waals surface area contributed by atoms with Gasteiger partial charge in [0.1, 0.15) is 5.56 Å². The largest absolute Gasteiger partial charge is 0.352 e.